The Bertz CT molecular complexity index is 1640. The number of nitrogens with zero attached hydrogens (tertiary/aromatic N) is 3. The van der Waals surface area contributed by atoms with Crippen LogP contribution in [0.25, 0.3) is 11.6 Å². The van der Waals surface area contributed by atoms with Crippen LogP contribution in [-0.4, -0.2) is 31.1 Å². The molecule has 0 amide bonds. The summed E-state index contributed by atoms with van der Waals surface area (Å²) in [6.45, 7) is 4.71. The molecule has 216 valence electrons. The number of sulfonamides is 1. The van der Waals surface area contributed by atoms with Gasteiger partial charge in [0.2, 0.25) is 0 Å². The zero-order chi connectivity index (χ0) is 29.8. The number of alkyl halides is 3. The second kappa shape index (κ2) is 12.4. The quantitative estimate of drug-likeness (QED) is 0.174. The van der Waals surface area contributed by atoms with Crippen LogP contribution in [0.5, 0.6) is 5.75 Å². The SMILES string of the molecule is C/C(=C\c1ccc2c(c1)N(S(=O)(=O)c1cccc(C(F)(F)F)c1)CCO2)c1c(F)cccc1Cl.CCn1ccnc1. The molecule has 0 atom stereocenters. The number of anilines is 1. The molecule has 5 rings (SSSR count). The second-order valence-electron chi connectivity index (χ2n) is 9.00. The highest BCUT2D eigenvalue weighted by molar-refractivity contribution is 7.92. The molecule has 0 bridgehead atoms. The van der Waals surface area contributed by atoms with Gasteiger partial charge in [-0.05, 0) is 67.4 Å². The maximum Gasteiger partial charge on any atom is 0.416 e. The lowest BCUT2D eigenvalue weighted by atomic mass is 10.0. The first-order valence-electron chi connectivity index (χ1n) is 12.5. The molecule has 0 saturated carbocycles. The molecule has 4 aromatic rings. The molecule has 6 nitrogen and oxygen atoms in total. The predicted molar refractivity (Wildman–Crippen MR) is 151 cm³/mol. The number of halogens is 5. The van der Waals surface area contributed by atoms with Gasteiger partial charge in [-0.1, -0.05) is 35.9 Å². The first-order valence-corrected chi connectivity index (χ1v) is 14.3. The molecule has 12 heteroatoms. The van der Waals surface area contributed by atoms with Crippen molar-refractivity contribution in [2.75, 3.05) is 17.5 Å². The third-order valence-corrected chi connectivity index (χ3v) is 8.34. The lowest BCUT2D eigenvalue weighted by molar-refractivity contribution is -0.137. The molecule has 41 heavy (non-hydrogen) atoms. The molecular formula is C29H26ClF4N3O3S. The van der Waals surface area contributed by atoms with Gasteiger partial charge in [0.1, 0.15) is 18.2 Å². The molecule has 1 aliphatic heterocycles. The summed E-state index contributed by atoms with van der Waals surface area (Å²) < 4.78 is 88.9. The van der Waals surface area contributed by atoms with Gasteiger partial charge in [0, 0.05) is 24.5 Å². The van der Waals surface area contributed by atoms with Crippen LogP contribution in [0.4, 0.5) is 23.2 Å². The highest BCUT2D eigenvalue weighted by atomic mass is 35.5. The first kappa shape index (κ1) is 30.1. The molecule has 0 N–H and O–H groups in total. The fourth-order valence-corrected chi connectivity index (χ4v) is 5.99. The zero-order valence-corrected chi connectivity index (χ0v) is 23.6. The molecule has 0 aliphatic carbocycles. The van der Waals surface area contributed by atoms with E-state index >= 15 is 0 Å². The Morgan fingerprint density at radius 3 is 2.51 bits per heavy atom. The molecule has 1 aliphatic rings. The van der Waals surface area contributed by atoms with E-state index in [1.807, 2.05) is 10.8 Å². The van der Waals surface area contributed by atoms with Crippen molar-refractivity contribution in [3.63, 3.8) is 0 Å². The van der Waals surface area contributed by atoms with E-state index in [0.29, 0.717) is 17.2 Å². The number of rotatable bonds is 5. The fourth-order valence-electron chi connectivity index (χ4n) is 4.18. The second-order valence-corrected chi connectivity index (χ2v) is 11.3. The Balaban J connectivity index is 0.000000483. The van der Waals surface area contributed by atoms with E-state index < -0.39 is 32.5 Å². The van der Waals surface area contributed by atoms with Gasteiger partial charge >= 0.3 is 6.18 Å². The van der Waals surface area contributed by atoms with Gasteiger partial charge in [0.15, 0.2) is 0 Å². The lowest BCUT2D eigenvalue weighted by Gasteiger charge is -2.31. The summed E-state index contributed by atoms with van der Waals surface area (Å²) >= 11 is 6.13. The summed E-state index contributed by atoms with van der Waals surface area (Å²) in [4.78, 5) is 3.37. The Labute approximate surface area is 240 Å². The van der Waals surface area contributed by atoms with E-state index in [4.69, 9.17) is 16.3 Å². The number of benzene rings is 3. The van der Waals surface area contributed by atoms with Crippen LogP contribution >= 0.6 is 11.6 Å². The number of imidazole rings is 1. The largest absolute Gasteiger partial charge is 0.489 e. The average Bonchev–Trinajstić information content (AvgIpc) is 3.47. The minimum absolute atomic E-state index is 0.0320. The van der Waals surface area contributed by atoms with Crippen LogP contribution in [0.15, 0.2) is 84.3 Å². The topological polar surface area (TPSA) is 64.4 Å². The molecular weight excluding hydrogens is 582 g/mol. The highest BCUT2D eigenvalue weighted by Crippen LogP contribution is 2.38. The van der Waals surface area contributed by atoms with E-state index in [9.17, 15) is 26.0 Å². The Kier molecular flexibility index (Phi) is 9.08. The van der Waals surface area contributed by atoms with E-state index in [1.54, 1.807) is 43.7 Å². The van der Waals surface area contributed by atoms with Gasteiger partial charge in [0.25, 0.3) is 10.0 Å². The third-order valence-electron chi connectivity index (χ3n) is 6.22. The number of allylic oxidation sites excluding steroid dienone is 1. The van der Waals surface area contributed by atoms with Crippen molar-refractivity contribution < 1.29 is 30.7 Å². The Morgan fingerprint density at radius 1 is 1.12 bits per heavy atom. The Hall–Kier alpha value is -3.83. The van der Waals surface area contributed by atoms with Crippen molar-refractivity contribution >= 4 is 39.0 Å². The highest BCUT2D eigenvalue weighted by Gasteiger charge is 2.34. The molecule has 0 saturated heterocycles. The molecule has 3 aromatic carbocycles. The van der Waals surface area contributed by atoms with Crippen molar-refractivity contribution in [1.29, 1.82) is 0 Å². The average molecular weight is 608 g/mol. The van der Waals surface area contributed by atoms with Crippen molar-refractivity contribution in [2.24, 2.45) is 0 Å². The van der Waals surface area contributed by atoms with Gasteiger partial charge in [-0.3, -0.25) is 4.31 Å². The van der Waals surface area contributed by atoms with E-state index in [1.165, 1.54) is 18.2 Å². The molecule has 1 aromatic heterocycles. The van der Waals surface area contributed by atoms with E-state index in [0.717, 1.165) is 29.0 Å². The van der Waals surface area contributed by atoms with Crippen molar-refractivity contribution in [2.45, 2.75) is 31.5 Å². The number of aryl methyl sites for hydroxylation is 1. The molecule has 0 fully saturated rings. The maximum absolute atomic E-state index is 14.3. The van der Waals surface area contributed by atoms with Gasteiger partial charge in [-0.15, -0.1) is 0 Å². The van der Waals surface area contributed by atoms with Crippen LogP contribution in [0.2, 0.25) is 5.02 Å². The van der Waals surface area contributed by atoms with Crippen LogP contribution < -0.4 is 9.04 Å². The smallest absolute Gasteiger partial charge is 0.416 e. The minimum atomic E-state index is -4.68. The van der Waals surface area contributed by atoms with Crippen LogP contribution in [0.1, 0.15) is 30.5 Å². The predicted octanol–water partition coefficient (Wildman–Crippen LogP) is 7.55. The zero-order valence-electron chi connectivity index (χ0n) is 22.1. The molecule has 0 unspecified atom stereocenters. The minimum Gasteiger partial charge on any atom is -0.489 e. The number of aromatic nitrogens is 2. The van der Waals surface area contributed by atoms with Crippen LogP contribution in [-0.2, 0) is 22.7 Å². The van der Waals surface area contributed by atoms with Crippen molar-refractivity contribution in [3.05, 3.63) is 107 Å². The number of hydrogen-bond donors (Lipinski definition) is 0. The third kappa shape index (κ3) is 6.91. The van der Waals surface area contributed by atoms with Crippen LogP contribution in [0.3, 0.4) is 0 Å². The van der Waals surface area contributed by atoms with Gasteiger partial charge in [0.05, 0.1) is 34.0 Å². The normalized spacial score (nSPS) is 13.6. The molecule has 2 heterocycles. The number of fused-ring (bicyclic) bond motifs is 1. The summed E-state index contributed by atoms with van der Waals surface area (Å²) in [5.74, 6) is -0.239. The number of hydrogen-bond acceptors (Lipinski definition) is 4. The summed E-state index contributed by atoms with van der Waals surface area (Å²) in [6, 6.07) is 12.7. The van der Waals surface area contributed by atoms with Crippen LogP contribution in [0, 0.1) is 5.82 Å². The summed E-state index contributed by atoms with van der Waals surface area (Å²) in [5, 5.41) is 0.226. The van der Waals surface area contributed by atoms with Crippen molar-refractivity contribution in [1.82, 2.24) is 9.55 Å². The van der Waals surface area contributed by atoms with E-state index in [2.05, 4.69) is 11.9 Å². The van der Waals surface area contributed by atoms with E-state index in [-0.39, 0.29) is 35.2 Å². The monoisotopic (exact) mass is 607 g/mol. The van der Waals surface area contributed by atoms with Gasteiger partial charge in [-0.25, -0.2) is 17.8 Å². The molecule has 0 radical (unpaired) electrons. The summed E-state index contributed by atoms with van der Waals surface area (Å²) in [7, 11) is -4.32. The fraction of sp³-hybridized carbons (Fsp3) is 0.207. The lowest BCUT2D eigenvalue weighted by Crippen LogP contribution is -2.38. The number of ether oxygens (including phenoxy) is 1. The summed E-state index contributed by atoms with van der Waals surface area (Å²) in [5.41, 5.74) is 0.366. The standard InChI is InChI=1S/C24H18ClF4NO3S.C5H8N2/c1-15(23-19(25)6-3-7-20(23)26)12-16-8-9-22-21(13-16)30(10-11-33-22)34(31,32)18-5-2-4-17(14-18)24(27,28)29;1-2-7-4-3-6-5-7/h2-9,12-14H,10-11H2,1H3;3-5H,2H2,1H3/b15-12+;. The van der Waals surface area contributed by atoms with Gasteiger partial charge in [-0.2, -0.15) is 13.2 Å². The van der Waals surface area contributed by atoms with Gasteiger partial charge < -0.3 is 9.30 Å². The molecule has 0 spiro atoms. The Morgan fingerprint density at radius 2 is 1.88 bits per heavy atom. The first-order chi connectivity index (χ1) is 19.4. The van der Waals surface area contributed by atoms with Crippen molar-refractivity contribution in [3.8, 4) is 5.75 Å². The summed E-state index contributed by atoms with van der Waals surface area (Å²) in [6.07, 6.45) is 2.48. The maximum atomic E-state index is 14.3.